The van der Waals surface area contributed by atoms with Crippen LogP contribution in [-0.2, 0) is 9.84 Å². The van der Waals surface area contributed by atoms with Crippen molar-refractivity contribution >= 4 is 9.84 Å². The van der Waals surface area contributed by atoms with Crippen molar-refractivity contribution in [2.24, 2.45) is 5.73 Å². The molecular formula is C10H14FNO3S. The van der Waals surface area contributed by atoms with Crippen LogP contribution in [-0.4, -0.2) is 31.6 Å². The highest BCUT2D eigenvalue weighted by Gasteiger charge is 2.28. The lowest BCUT2D eigenvalue weighted by atomic mass is 10.0. The molecule has 3 N–H and O–H groups in total. The fraction of sp³-hybridized carbons (Fsp3) is 0.400. The minimum absolute atomic E-state index is 0.421. The Balaban J connectivity index is 3.00. The third-order valence-corrected chi connectivity index (χ3v) is 3.93. The maximum absolute atomic E-state index is 12.7. The van der Waals surface area contributed by atoms with Gasteiger partial charge >= 0.3 is 0 Å². The molecule has 90 valence electrons. The Bertz CT molecular complexity index is 444. The van der Waals surface area contributed by atoms with Gasteiger partial charge in [0.1, 0.15) is 11.1 Å². The molecule has 0 unspecified atom stereocenters. The monoisotopic (exact) mass is 247 g/mol. The Labute approximate surface area is 93.8 Å². The fourth-order valence-electron chi connectivity index (χ4n) is 1.41. The van der Waals surface area contributed by atoms with E-state index < -0.39 is 33.6 Å². The quantitative estimate of drug-likeness (QED) is 0.798. The zero-order valence-corrected chi connectivity index (χ0v) is 9.61. The van der Waals surface area contributed by atoms with E-state index in [0.29, 0.717) is 5.56 Å². The first-order valence-electron chi connectivity index (χ1n) is 4.67. The van der Waals surface area contributed by atoms with E-state index in [2.05, 4.69) is 0 Å². The second kappa shape index (κ2) is 4.90. The van der Waals surface area contributed by atoms with Crippen LogP contribution in [0.4, 0.5) is 4.39 Å². The molecule has 0 saturated heterocycles. The van der Waals surface area contributed by atoms with Crippen molar-refractivity contribution in [3.63, 3.8) is 0 Å². The second-order valence-electron chi connectivity index (χ2n) is 3.63. The molecule has 2 atom stereocenters. The minimum Gasteiger partial charge on any atom is -0.395 e. The lowest BCUT2D eigenvalue weighted by Gasteiger charge is -2.20. The minimum atomic E-state index is -3.44. The number of hydrogen-bond donors (Lipinski definition) is 2. The summed E-state index contributed by atoms with van der Waals surface area (Å²) in [5.41, 5.74) is 6.20. The van der Waals surface area contributed by atoms with Crippen molar-refractivity contribution < 1.29 is 17.9 Å². The van der Waals surface area contributed by atoms with E-state index in [4.69, 9.17) is 10.8 Å². The van der Waals surface area contributed by atoms with Gasteiger partial charge in [0.25, 0.3) is 0 Å². The van der Waals surface area contributed by atoms with Crippen molar-refractivity contribution in [2.75, 3.05) is 12.9 Å². The Morgan fingerprint density at radius 1 is 1.38 bits per heavy atom. The maximum Gasteiger partial charge on any atom is 0.154 e. The smallest absolute Gasteiger partial charge is 0.154 e. The van der Waals surface area contributed by atoms with Gasteiger partial charge in [0.05, 0.1) is 6.61 Å². The van der Waals surface area contributed by atoms with E-state index in [1.807, 2.05) is 0 Å². The van der Waals surface area contributed by atoms with Gasteiger partial charge in [0, 0.05) is 12.3 Å². The van der Waals surface area contributed by atoms with E-state index in [0.717, 1.165) is 6.26 Å². The summed E-state index contributed by atoms with van der Waals surface area (Å²) < 4.78 is 35.3. The Morgan fingerprint density at radius 2 is 1.88 bits per heavy atom. The lowest BCUT2D eigenvalue weighted by molar-refractivity contribution is 0.278. The summed E-state index contributed by atoms with van der Waals surface area (Å²) in [5, 5.41) is 7.94. The van der Waals surface area contributed by atoms with Crippen LogP contribution in [0.15, 0.2) is 24.3 Å². The molecule has 0 aliphatic heterocycles. The molecule has 0 heterocycles. The van der Waals surface area contributed by atoms with Gasteiger partial charge < -0.3 is 10.8 Å². The third kappa shape index (κ3) is 3.01. The molecule has 0 amide bonds. The SMILES string of the molecule is CS(=O)(=O)[C@H](CO)[C@@H](N)c1ccc(F)cc1. The van der Waals surface area contributed by atoms with Crippen LogP contribution in [0.5, 0.6) is 0 Å². The standard InChI is InChI=1S/C10H14FNO3S/c1-16(14,15)9(6-13)10(12)7-2-4-8(11)5-3-7/h2-5,9-10,13H,6,12H2,1H3/t9-,10+/m1/s1. The second-order valence-corrected chi connectivity index (χ2v) is 5.89. The maximum atomic E-state index is 12.7. The number of benzene rings is 1. The summed E-state index contributed by atoms with van der Waals surface area (Å²) in [6.45, 7) is -0.558. The van der Waals surface area contributed by atoms with E-state index >= 15 is 0 Å². The highest BCUT2D eigenvalue weighted by molar-refractivity contribution is 7.91. The summed E-state index contributed by atoms with van der Waals surface area (Å²) in [6.07, 6.45) is 1.01. The number of sulfone groups is 1. The molecule has 6 heteroatoms. The van der Waals surface area contributed by atoms with Gasteiger partial charge in [-0.25, -0.2) is 12.8 Å². The molecule has 0 radical (unpaired) electrons. The molecule has 1 rings (SSSR count). The van der Waals surface area contributed by atoms with Gasteiger partial charge in [-0.05, 0) is 17.7 Å². The van der Waals surface area contributed by atoms with Gasteiger partial charge in [-0.15, -0.1) is 0 Å². The molecule has 0 aliphatic rings. The molecule has 0 bridgehead atoms. The normalized spacial score (nSPS) is 15.8. The van der Waals surface area contributed by atoms with Gasteiger partial charge in [0.2, 0.25) is 0 Å². The first-order chi connectivity index (χ1) is 7.36. The van der Waals surface area contributed by atoms with Gasteiger partial charge in [-0.1, -0.05) is 12.1 Å². The van der Waals surface area contributed by atoms with E-state index in [1.165, 1.54) is 24.3 Å². The number of aliphatic hydroxyl groups is 1. The fourth-order valence-corrected chi connectivity index (χ4v) is 2.38. The predicted octanol–water partition coefficient (Wildman–Crippen LogP) is 0.231. The number of hydrogen-bond acceptors (Lipinski definition) is 4. The molecule has 0 aliphatic carbocycles. The Hall–Kier alpha value is -0.980. The summed E-state index contributed by atoms with van der Waals surface area (Å²) in [6, 6.07) is 4.36. The molecule has 1 aromatic rings. The van der Waals surface area contributed by atoms with Crippen LogP contribution in [0.3, 0.4) is 0 Å². The van der Waals surface area contributed by atoms with Crippen LogP contribution in [0.1, 0.15) is 11.6 Å². The van der Waals surface area contributed by atoms with Crippen LogP contribution in [0, 0.1) is 5.82 Å². The molecule has 0 saturated carbocycles. The largest absolute Gasteiger partial charge is 0.395 e. The molecular weight excluding hydrogens is 233 g/mol. The topological polar surface area (TPSA) is 80.4 Å². The molecule has 0 fully saturated rings. The van der Waals surface area contributed by atoms with Crippen molar-refractivity contribution in [2.45, 2.75) is 11.3 Å². The first-order valence-corrected chi connectivity index (χ1v) is 6.62. The zero-order valence-electron chi connectivity index (χ0n) is 8.80. The van der Waals surface area contributed by atoms with Crippen LogP contribution >= 0.6 is 0 Å². The van der Waals surface area contributed by atoms with Crippen molar-refractivity contribution in [1.29, 1.82) is 0 Å². The summed E-state index contributed by atoms with van der Waals surface area (Å²) in [5.74, 6) is -0.421. The Kier molecular flexibility index (Phi) is 4.01. The molecule has 4 nitrogen and oxygen atoms in total. The lowest BCUT2D eigenvalue weighted by Crippen LogP contribution is -2.36. The molecule has 16 heavy (non-hydrogen) atoms. The highest BCUT2D eigenvalue weighted by atomic mass is 32.2. The van der Waals surface area contributed by atoms with Gasteiger partial charge in [-0.2, -0.15) is 0 Å². The van der Waals surface area contributed by atoms with Crippen molar-refractivity contribution in [1.82, 2.24) is 0 Å². The van der Waals surface area contributed by atoms with E-state index in [1.54, 1.807) is 0 Å². The number of aliphatic hydroxyl groups excluding tert-OH is 1. The molecule has 0 aromatic heterocycles. The molecule has 1 aromatic carbocycles. The van der Waals surface area contributed by atoms with Crippen LogP contribution in [0.2, 0.25) is 0 Å². The van der Waals surface area contributed by atoms with E-state index in [-0.39, 0.29) is 0 Å². The number of halogens is 1. The van der Waals surface area contributed by atoms with E-state index in [9.17, 15) is 12.8 Å². The summed E-state index contributed by atoms with van der Waals surface area (Å²) in [7, 11) is -3.44. The Morgan fingerprint density at radius 3 is 2.25 bits per heavy atom. The summed E-state index contributed by atoms with van der Waals surface area (Å²) >= 11 is 0. The third-order valence-electron chi connectivity index (χ3n) is 2.39. The zero-order chi connectivity index (χ0) is 12.3. The van der Waals surface area contributed by atoms with Crippen molar-refractivity contribution in [3.8, 4) is 0 Å². The molecule has 0 spiro atoms. The van der Waals surface area contributed by atoms with Gasteiger partial charge in [-0.3, -0.25) is 0 Å². The van der Waals surface area contributed by atoms with Crippen molar-refractivity contribution in [3.05, 3.63) is 35.6 Å². The number of rotatable bonds is 4. The van der Waals surface area contributed by atoms with Crippen LogP contribution < -0.4 is 5.73 Å². The van der Waals surface area contributed by atoms with Crippen LogP contribution in [0.25, 0.3) is 0 Å². The average molecular weight is 247 g/mol. The summed E-state index contributed by atoms with van der Waals surface area (Å²) in [4.78, 5) is 0. The van der Waals surface area contributed by atoms with Gasteiger partial charge in [0.15, 0.2) is 9.84 Å². The first kappa shape index (κ1) is 13.1. The average Bonchev–Trinajstić information content (AvgIpc) is 2.17. The number of nitrogens with two attached hydrogens (primary N) is 1. The highest BCUT2D eigenvalue weighted by Crippen LogP contribution is 2.19. The predicted molar refractivity (Wildman–Crippen MR) is 59.0 cm³/mol.